The number of aliphatic hydroxyl groups is 3. The highest BCUT2D eigenvalue weighted by Gasteiger charge is 2.75. The molecule has 0 aromatic carbocycles. The van der Waals surface area contributed by atoms with Crippen LogP contribution in [0.15, 0.2) is 4.99 Å². The lowest BCUT2D eigenvalue weighted by molar-refractivity contribution is -0.265. The molecule has 2 saturated heterocycles. The summed E-state index contributed by atoms with van der Waals surface area (Å²) in [7, 11) is -5.31. The molecule has 24 heavy (non-hydrogen) atoms. The Labute approximate surface area is 135 Å². The van der Waals surface area contributed by atoms with E-state index >= 15 is 0 Å². The van der Waals surface area contributed by atoms with E-state index in [1.165, 1.54) is 0 Å². The summed E-state index contributed by atoms with van der Waals surface area (Å²) in [6, 6.07) is -2.61. The highest BCUT2D eigenvalue weighted by atomic mass is 32.3. The second-order valence-electron chi connectivity index (χ2n) is 5.60. The molecule has 3 aliphatic heterocycles. The zero-order valence-electron chi connectivity index (χ0n) is 11.9. The molecule has 4 atom stereocenters. The predicted molar refractivity (Wildman–Crippen MR) is 71.9 cm³/mol. The van der Waals surface area contributed by atoms with Gasteiger partial charge in [-0.1, -0.05) is 0 Å². The van der Waals surface area contributed by atoms with Crippen LogP contribution in [0.1, 0.15) is 0 Å². The lowest BCUT2D eigenvalue weighted by atomic mass is 9.85. The molecule has 0 bridgehead atoms. The lowest BCUT2D eigenvalue weighted by Crippen LogP contribution is -2.80. The molecule has 3 rings (SSSR count). The standard InChI is InChI=1S/C9H16N6O8S/c10-6-12-5-3(2-16)15(19)7(11)14-1-4(23-24(20,21)22)9(17,18)8(5,14)13-6/h3-5,11,16-19H,1-2H2,(H3,10,12,13)(H,20,21,22)/p-1/t3-,4-,5-,8-/m0/s1. The number of hydroxylamine groups is 2. The summed E-state index contributed by atoms with van der Waals surface area (Å²) < 4.78 is 36.7. The van der Waals surface area contributed by atoms with Crippen LogP contribution in [-0.4, -0.2) is 98.2 Å². The zero-order valence-corrected chi connectivity index (χ0v) is 12.7. The fourth-order valence-corrected chi connectivity index (χ4v) is 3.89. The van der Waals surface area contributed by atoms with E-state index in [4.69, 9.17) is 11.1 Å². The van der Waals surface area contributed by atoms with Gasteiger partial charge in [-0.25, -0.2) is 18.5 Å². The Balaban J connectivity index is 2.13. The van der Waals surface area contributed by atoms with Gasteiger partial charge in [0.25, 0.3) is 0 Å². The average molecular weight is 367 g/mol. The van der Waals surface area contributed by atoms with E-state index in [0.717, 1.165) is 4.90 Å². The first-order chi connectivity index (χ1) is 11.0. The van der Waals surface area contributed by atoms with Crippen LogP contribution in [0, 0.1) is 5.41 Å². The van der Waals surface area contributed by atoms with Crippen molar-refractivity contribution in [2.75, 3.05) is 13.2 Å². The van der Waals surface area contributed by atoms with Crippen molar-refractivity contribution in [1.82, 2.24) is 15.3 Å². The van der Waals surface area contributed by atoms with Gasteiger partial charge in [-0.2, -0.15) is 0 Å². The van der Waals surface area contributed by atoms with Gasteiger partial charge in [-0.3, -0.25) is 14.8 Å². The van der Waals surface area contributed by atoms with Crippen LogP contribution >= 0.6 is 0 Å². The van der Waals surface area contributed by atoms with Crippen LogP contribution < -0.4 is 11.1 Å². The van der Waals surface area contributed by atoms with Crippen molar-refractivity contribution in [2.45, 2.75) is 29.6 Å². The molecule has 14 nitrogen and oxygen atoms in total. The van der Waals surface area contributed by atoms with Gasteiger partial charge in [0.2, 0.25) is 22.1 Å². The fraction of sp³-hybridized carbons (Fsp3) is 0.778. The summed E-state index contributed by atoms with van der Waals surface area (Å²) in [5, 5.41) is 51.2. The van der Waals surface area contributed by atoms with Gasteiger partial charge in [-0.15, -0.1) is 0 Å². The molecular weight excluding hydrogens is 352 g/mol. The molecule has 0 saturated carbocycles. The number of nitrogens with zero attached hydrogens (tertiary/aromatic N) is 3. The highest BCUT2D eigenvalue weighted by Crippen LogP contribution is 2.46. The minimum Gasteiger partial charge on any atom is -0.726 e. The van der Waals surface area contributed by atoms with Crippen LogP contribution in [0.4, 0.5) is 0 Å². The second-order valence-corrected chi connectivity index (χ2v) is 6.61. The molecule has 8 N–H and O–H groups in total. The van der Waals surface area contributed by atoms with Gasteiger partial charge in [0.1, 0.15) is 12.1 Å². The smallest absolute Gasteiger partial charge is 0.239 e. The third kappa shape index (κ3) is 2.00. The minimum absolute atomic E-state index is 0.301. The molecule has 0 amide bonds. The van der Waals surface area contributed by atoms with Gasteiger partial charge in [-0.05, 0) is 0 Å². The first kappa shape index (κ1) is 17.1. The summed E-state index contributed by atoms with van der Waals surface area (Å²) in [4.78, 5) is 4.74. The summed E-state index contributed by atoms with van der Waals surface area (Å²) in [5.74, 6) is -4.06. The number of rotatable bonds is 3. The Morgan fingerprint density at radius 1 is 1.54 bits per heavy atom. The van der Waals surface area contributed by atoms with Gasteiger partial charge in [0, 0.05) is 0 Å². The monoisotopic (exact) mass is 367 g/mol. The maximum absolute atomic E-state index is 10.9. The molecule has 136 valence electrons. The molecule has 3 aliphatic rings. The van der Waals surface area contributed by atoms with E-state index in [1.54, 1.807) is 0 Å². The molecule has 2 fully saturated rings. The van der Waals surface area contributed by atoms with Gasteiger partial charge in [0.05, 0.1) is 13.2 Å². The zero-order chi connectivity index (χ0) is 18.1. The molecule has 1 spiro atoms. The second kappa shape index (κ2) is 4.88. The lowest BCUT2D eigenvalue weighted by Gasteiger charge is -2.52. The predicted octanol–water partition coefficient (Wildman–Crippen LogP) is -5.19. The first-order valence-corrected chi connectivity index (χ1v) is 7.94. The fourth-order valence-electron chi connectivity index (χ4n) is 3.41. The van der Waals surface area contributed by atoms with Crippen molar-refractivity contribution in [3.05, 3.63) is 0 Å². The summed E-state index contributed by atoms with van der Waals surface area (Å²) in [6.45, 7) is -1.39. The van der Waals surface area contributed by atoms with Crippen molar-refractivity contribution in [2.24, 2.45) is 10.7 Å². The van der Waals surface area contributed by atoms with Crippen LogP contribution in [0.5, 0.6) is 0 Å². The molecule has 3 heterocycles. The number of nitrogens with one attached hydrogen (secondary N) is 2. The van der Waals surface area contributed by atoms with Crippen molar-refractivity contribution in [1.29, 1.82) is 5.41 Å². The Bertz CT molecular complexity index is 711. The maximum atomic E-state index is 10.9. The maximum Gasteiger partial charge on any atom is 0.239 e. The van der Waals surface area contributed by atoms with E-state index in [9.17, 15) is 33.5 Å². The number of hydrogen-bond acceptors (Lipinski definition) is 12. The van der Waals surface area contributed by atoms with Crippen LogP contribution in [0.2, 0.25) is 0 Å². The van der Waals surface area contributed by atoms with Crippen LogP contribution in [0.3, 0.4) is 0 Å². The number of guanidine groups is 2. The van der Waals surface area contributed by atoms with E-state index in [-0.39, 0.29) is 5.96 Å². The van der Waals surface area contributed by atoms with E-state index in [0.29, 0.717) is 5.06 Å². The quantitative estimate of drug-likeness (QED) is 0.141. The van der Waals surface area contributed by atoms with Gasteiger partial charge in [0.15, 0.2) is 17.7 Å². The number of aliphatic imine (C=N–C) groups is 1. The number of nitrogens with two attached hydrogens (primary N) is 1. The third-order valence-corrected chi connectivity index (χ3v) is 4.85. The highest BCUT2D eigenvalue weighted by molar-refractivity contribution is 7.80. The minimum atomic E-state index is -5.31. The van der Waals surface area contributed by atoms with E-state index in [1.807, 2.05) is 0 Å². The largest absolute Gasteiger partial charge is 0.726 e. The molecule has 0 aromatic rings. The van der Waals surface area contributed by atoms with Gasteiger partial charge >= 0.3 is 0 Å². The molecule has 0 unspecified atom stereocenters. The molecule has 0 radical (unpaired) electrons. The van der Waals surface area contributed by atoms with E-state index in [2.05, 4.69) is 14.5 Å². The molecular formula is C9H15N6O8S-. The van der Waals surface area contributed by atoms with Crippen molar-refractivity contribution in [3.63, 3.8) is 0 Å². The first-order valence-electron chi connectivity index (χ1n) is 6.61. The van der Waals surface area contributed by atoms with Crippen molar-refractivity contribution < 1.29 is 37.7 Å². The van der Waals surface area contributed by atoms with Crippen molar-refractivity contribution >= 4 is 22.3 Å². The summed E-state index contributed by atoms with van der Waals surface area (Å²) in [5.41, 5.74) is 3.45. The topological polar surface area (TPSA) is 228 Å². The van der Waals surface area contributed by atoms with Crippen LogP contribution in [-0.2, 0) is 14.6 Å². The SMILES string of the molecule is N=C1N(O)[C@@H](CO)[C@@H]2N=C(N)N[C@]23N1C[C@H](OS(=O)(=O)[O-])C3(O)O. The van der Waals surface area contributed by atoms with E-state index < -0.39 is 59.1 Å². The summed E-state index contributed by atoms with van der Waals surface area (Å²) >= 11 is 0. The number of hydrogen-bond donors (Lipinski definition) is 7. The molecule has 15 heteroatoms. The van der Waals surface area contributed by atoms with Gasteiger partial charge < -0.3 is 35.8 Å². The Hall–Kier alpha value is -1.75. The average Bonchev–Trinajstić information content (AvgIpc) is 2.89. The Kier molecular flexibility index (Phi) is 3.48. The Morgan fingerprint density at radius 3 is 2.71 bits per heavy atom. The Morgan fingerprint density at radius 2 is 2.17 bits per heavy atom. The van der Waals surface area contributed by atoms with Crippen molar-refractivity contribution in [3.8, 4) is 0 Å². The molecule has 0 aliphatic carbocycles. The normalized spacial score (nSPS) is 37.8. The molecule has 0 aromatic heterocycles. The third-order valence-electron chi connectivity index (χ3n) is 4.38. The number of aliphatic hydroxyl groups excluding tert-OH is 1. The summed E-state index contributed by atoms with van der Waals surface area (Å²) in [6.07, 6.45) is -2.00. The van der Waals surface area contributed by atoms with Crippen LogP contribution in [0.25, 0.3) is 0 Å².